The van der Waals surface area contributed by atoms with Gasteiger partial charge in [0, 0.05) is 7.05 Å². The summed E-state index contributed by atoms with van der Waals surface area (Å²) in [5, 5.41) is 11.5. The summed E-state index contributed by atoms with van der Waals surface area (Å²) in [4.78, 5) is 12.5. The number of hydrogen-bond donors (Lipinski definition) is 1. The fourth-order valence-electron chi connectivity index (χ4n) is 3.01. The second-order valence-corrected chi connectivity index (χ2v) is 6.03. The lowest BCUT2D eigenvalue weighted by atomic mass is 10.2. The molecule has 0 fully saturated rings. The number of ether oxygens (including phenoxy) is 1. The predicted octanol–water partition coefficient (Wildman–Crippen LogP) is 3.09. The molecule has 0 radical (unpaired) electrons. The highest BCUT2D eigenvalue weighted by Gasteiger charge is 2.32. The zero-order valence-electron chi connectivity index (χ0n) is 14.6. The Morgan fingerprint density at radius 2 is 1.79 bits per heavy atom. The largest absolute Gasteiger partial charge is 0.573 e. The first-order valence-corrected chi connectivity index (χ1v) is 8.25. The number of benzene rings is 2. The third-order valence-electron chi connectivity index (χ3n) is 4.24. The molecular weight excluding hydrogens is 375 g/mol. The SMILES string of the molecule is Cn1c(=O)c2ccccc2n2c(CNc3ccccc3OC(F)(F)F)nnc12. The van der Waals surface area contributed by atoms with Crippen LogP contribution in [0, 0.1) is 0 Å². The predicted molar refractivity (Wildman–Crippen MR) is 96.2 cm³/mol. The molecule has 28 heavy (non-hydrogen) atoms. The van der Waals surface area contributed by atoms with Gasteiger partial charge < -0.3 is 10.1 Å². The Kier molecular flexibility index (Phi) is 4.17. The highest BCUT2D eigenvalue weighted by atomic mass is 19.4. The van der Waals surface area contributed by atoms with Crippen molar-refractivity contribution in [1.82, 2.24) is 19.2 Å². The van der Waals surface area contributed by atoms with Gasteiger partial charge in [0.1, 0.15) is 0 Å². The summed E-state index contributed by atoms with van der Waals surface area (Å²) >= 11 is 0. The molecule has 0 saturated carbocycles. The van der Waals surface area contributed by atoms with Gasteiger partial charge in [-0.1, -0.05) is 24.3 Å². The van der Waals surface area contributed by atoms with Crippen LogP contribution < -0.4 is 15.6 Å². The van der Waals surface area contributed by atoms with Crippen molar-refractivity contribution in [2.75, 3.05) is 5.32 Å². The van der Waals surface area contributed by atoms with Gasteiger partial charge in [-0.05, 0) is 24.3 Å². The van der Waals surface area contributed by atoms with Crippen LogP contribution in [0.25, 0.3) is 16.7 Å². The molecule has 0 unspecified atom stereocenters. The third-order valence-corrected chi connectivity index (χ3v) is 4.24. The van der Waals surface area contributed by atoms with Crippen LogP contribution in [0.3, 0.4) is 0 Å². The minimum Gasteiger partial charge on any atom is -0.404 e. The van der Waals surface area contributed by atoms with Gasteiger partial charge in [0.2, 0.25) is 5.78 Å². The van der Waals surface area contributed by atoms with Crippen LogP contribution in [0.4, 0.5) is 18.9 Å². The van der Waals surface area contributed by atoms with Crippen LogP contribution in [0.5, 0.6) is 5.75 Å². The van der Waals surface area contributed by atoms with Crippen molar-refractivity contribution in [2.24, 2.45) is 7.05 Å². The Balaban J connectivity index is 1.74. The van der Waals surface area contributed by atoms with E-state index in [1.807, 2.05) is 0 Å². The third kappa shape index (κ3) is 3.13. The molecule has 0 aliphatic heterocycles. The van der Waals surface area contributed by atoms with E-state index in [0.717, 1.165) is 0 Å². The summed E-state index contributed by atoms with van der Waals surface area (Å²) in [6.45, 7) is 0.0710. The first-order valence-electron chi connectivity index (χ1n) is 8.25. The minimum absolute atomic E-state index is 0.0710. The molecule has 0 spiro atoms. The standard InChI is InChI=1S/C18H14F3N5O2/c1-25-16(27)11-6-2-4-8-13(11)26-15(23-24-17(25)26)10-22-12-7-3-5-9-14(12)28-18(19,20)21/h2-9,22H,10H2,1H3. The minimum atomic E-state index is -4.80. The van der Waals surface area contributed by atoms with E-state index in [2.05, 4.69) is 20.3 Å². The number of para-hydroxylation sites is 3. The van der Waals surface area contributed by atoms with Crippen molar-refractivity contribution in [3.63, 3.8) is 0 Å². The van der Waals surface area contributed by atoms with Gasteiger partial charge in [-0.15, -0.1) is 23.4 Å². The topological polar surface area (TPSA) is 73.5 Å². The van der Waals surface area contributed by atoms with Crippen molar-refractivity contribution in [1.29, 1.82) is 0 Å². The number of nitrogens with zero attached hydrogens (tertiary/aromatic N) is 4. The Labute approximate surface area is 156 Å². The molecule has 10 heteroatoms. The second-order valence-electron chi connectivity index (χ2n) is 6.03. The molecule has 0 amide bonds. The molecule has 0 bridgehead atoms. The van der Waals surface area contributed by atoms with E-state index >= 15 is 0 Å². The number of anilines is 1. The summed E-state index contributed by atoms with van der Waals surface area (Å²) in [5.41, 5.74) is 0.562. The van der Waals surface area contributed by atoms with Crippen LogP contribution in [0.1, 0.15) is 5.82 Å². The molecule has 4 aromatic rings. The summed E-state index contributed by atoms with van der Waals surface area (Å²) in [6, 6.07) is 12.7. The lowest BCUT2D eigenvalue weighted by Crippen LogP contribution is -2.21. The summed E-state index contributed by atoms with van der Waals surface area (Å²) in [7, 11) is 1.59. The molecule has 7 nitrogen and oxygen atoms in total. The molecule has 0 saturated heterocycles. The van der Waals surface area contributed by atoms with E-state index in [1.165, 1.54) is 22.8 Å². The molecule has 0 aliphatic carbocycles. The molecule has 2 aromatic heterocycles. The number of nitrogens with one attached hydrogen (secondary N) is 1. The van der Waals surface area contributed by atoms with Gasteiger partial charge in [0.25, 0.3) is 5.56 Å². The average molecular weight is 389 g/mol. The number of halogens is 3. The van der Waals surface area contributed by atoms with Gasteiger partial charge in [-0.3, -0.25) is 13.8 Å². The second kappa shape index (κ2) is 6.55. The van der Waals surface area contributed by atoms with Crippen molar-refractivity contribution < 1.29 is 17.9 Å². The van der Waals surface area contributed by atoms with Crippen molar-refractivity contribution in [2.45, 2.75) is 12.9 Å². The molecule has 0 aliphatic rings. The summed E-state index contributed by atoms with van der Waals surface area (Å²) in [5.74, 6) is 0.421. The number of aryl methyl sites for hydroxylation is 1. The van der Waals surface area contributed by atoms with Gasteiger partial charge in [-0.2, -0.15) is 0 Å². The molecule has 0 atom stereocenters. The maximum atomic E-state index is 12.6. The fourth-order valence-corrected chi connectivity index (χ4v) is 3.01. The normalized spacial score (nSPS) is 11.9. The monoisotopic (exact) mass is 389 g/mol. The number of rotatable bonds is 4. The fraction of sp³-hybridized carbons (Fsp3) is 0.167. The zero-order chi connectivity index (χ0) is 19.9. The van der Waals surface area contributed by atoms with E-state index in [0.29, 0.717) is 22.5 Å². The zero-order valence-corrected chi connectivity index (χ0v) is 14.6. The summed E-state index contributed by atoms with van der Waals surface area (Å²) in [6.07, 6.45) is -4.80. The van der Waals surface area contributed by atoms with Crippen LogP contribution in [-0.4, -0.2) is 25.5 Å². The number of hydrogen-bond acceptors (Lipinski definition) is 5. The number of alkyl halides is 3. The highest BCUT2D eigenvalue weighted by molar-refractivity contribution is 5.80. The highest BCUT2D eigenvalue weighted by Crippen LogP contribution is 2.30. The Bertz CT molecular complexity index is 1230. The van der Waals surface area contributed by atoms with E-state index in [-0.39, 0.29) is 23.5 Å². The Morgan fingerprint density at radius 1 is 1.07 bits per heavy atom. The quantitative estimate of drug-likeness (QED) is 0.581. The smallest absolute Gasteiger partial charge is 0.404 e. The maximum absolute atomic E-state index is 12.6. The molecule has 2 heterocycles. The van der Waals surface area contributed by atoms with Crippen LogP contribution in [0.15, 0.2) is 53.3 Å². The van der Waals surface area contributed by atoms with Crippen molar-refractivity contribution in [3.05, 3.63) is 64.7 Å². The molecule has 144 valence electrons. The average Bonchev–Trinajstić information content (AvgIpc) is 3.08. The Morgan fingerprint density at radius 3 is 2.57 bits per heavy atom. The van der Waals surface area contributed by atoms with E-state index in [9.17, 15) is 18.0 Å². The van der Waals surface area contributed by atoms with Crippen molar-refractivity contribution >= 4 is 22.4 Å². The molecular formula is C18H14F3N5O2. The number of aromatic nitrogens is 4. The van der Waals surface area contributed by atoms with Crippen LogP contribution in [-0.2, 0) is 13.6 Å². The lowest BCUT2D eigenvalue weighted by molar-refractivity contribution is -0.274. The maximum Gasteiger partial charge on any atom is 0.573 e. The number of fused-ring (bicyclic) bond motifs is 3. The summed E-state index contributed by atoms with van der Waals surface area (Å²) < 4.78 is 44.9. The van der Waals surface area contributed by atoms with E-state index in [1.54, 1.807) is 41.8 Å². The Hall–Kier alpha value is -3.56. The van der Waals surface area contributed by atoms with Gasteiger partial charge >= 0.3 is 6.36 Å². The van der Waals surface area contributed by atoms with Gasteiger partial charge in [0.15, 0.2) is 11.6 Å². The van der Waals surface area contributed by atoms with Crippen LogP contribution >= 0.6 is 0 Å². The van der Waals surface area contributed by atoms with E-state index < -0.39 is 6.36 Å². The molecule has 1 N–H and O–H groups in total. The first-order chi connectivity index (χ1) is 13.3. The molecule has 4 rings (SSSR count). The first kappa shape index (κ1) is 17.8. The van der Waals surface area contributed by atoms with E-state index in [4.69, 9.17) is 0 Å². The van der Waals surface area contributed by atoms with Gasteiger partial charge in [0.05, 0.1) is 23.1 Å². The lowest BCUT2D eigenvalue weighted by Gasteiger charge is -2.14. The molecule has 2 aromatic carbocycles. The van der Waals surface area contributed by atoms with Crippen LogP contribution in [0.2, 0.25) is 0 Å². The van der Waals surface area contributed by atoms with Crippen molar-refractivity contribution in [3.8, 4) is 5.75 Å². The van der Waals surface area contributed by atoms with Gasteiger partial charge in [-0.25, -0.2) is 0 Å².